The van der Waals surface area contributed by atoms with Crippen LogP contribution < -0.4 is 10.1 Å². The van der Waals surface area contributed by atoms with Crippen LogP contribution in [0.1, 0.15) is 23.6 Å². The SMILES string of the molecule is CCNCc1cccc(C)c1OCCc1ccsc1. The Morgan fingerprint density at radius 2 is 2.16 bits per heavy atom. The summed E-state index contributed by atoms with van der Waals surface area (Å²) in [7, 11) is 0. The fourth-order valence-electron chi connectivity index (χ4n) is 2.02. The van der Waals surface area contributed by atoms with Gasteiger partial charge in [-0.2, -0.15) is 11.3 Å². The average molecular weight is 275 g/mol. The zero-order chi connectivity index (χ0) is 13.5. The zero-order valence-corrected chi connectivity index (χ0v) is 12.4. The minimum absolute atomic E-state index is 0.737. The average Bonchev–Trinajstić information content (AvgIpc) is 2.92. The molecule has 0 radical (unpaired) electrons. The smallest absolute Gasteiger partial charge is 0.126 e. The Kier molecular flexibility index (Phi) is 5.43. The van der Waals surface area contributed by atoms with Gasteiger partial charge >= 0.3 is 0 Å². The van der Waals surface area contributed by atoms with Crippen molar-refractivity contribution in [3.8, 4) is 5.75 Å². The Labute approximate surface area is 119 Å². The van der Waals surface area contributed by atoms with Crippen molar-refractivity contribution < 1.29 is 4.74 Å². The van der Waals surface area contributed by atoms with Crippen LogP contribution in [0.5, 0.6) is 5.75 Å². The highest BCUT2D eigenvalue weighted by molar-refractivity contribution is 7.07. The molecule has 0 aliphatic heterocycles. The van der Waals surface area contributed by atoms with Gasteiger partial charge in [-0.15, -0.1) is 0 Å². The first-order valence-electron chi connectivity index (χ1n) is 6.74. The number of benzene rings is 1. The van der Waals surface area contributed by atoms with Crippen LogP contribution in [0.2, 0.25) is 0 Å². The van der Waals surface area contributed by atoms with Crippen LogP contribution in [0.15, 0.2) is 35.0 Å². The van der Waals surface area contributed by atoms with Gasteiger partial charge in [0.05, 0.1) is 6.61 Å². The number of aryl methyl sites for hydroxylation is 1. The Bertz CT molecular complexity index is 493. The molecule has 0 bridgehead atoms. The van der Waals surface area contributed by atoms with Gasteiger partial charge in [-0.25, -0.2) is 0 Å². The van der Waals surface area contributed by atoms with E-state index in [4.69, 9.17) is 4.74 Å². The van der Waals surface area contributed by atoms with E-state index in [-0.39, 0.29) is 0 Å². The van der Waals surface area contributed by atoms with Gasteiger partial charge in [0.15, 0.2) is 0 Å². The van der Waals surface area contributed by atoms with Crippen molar-refractivity contribution >= 4 is 11.3 Å². The molecule has 0 saturated carbocycles. The number of nitrogens with one attached hydrogen (secondary N) is 1. The van der Waals surface area contributed by atoms with Gasteiger partial charge in [-0.05, 0) is 41.4 Å². The second-order valence-corrected chi connectivity index (χ2v) is 5.35. The predicted molar refractivity (Wildman–Crippen MR) is 82.1 cm³/mol. The van der Waals surface area contributed by atoms with Crippen molar-refractivity contribution in [1.29, 1.82) is 0 Å². The fourth-order valence-corrected chi connectivity index (χ4v) is 2.73. The molecule has 0 aliphatic rings. The summed E-state index contributed by atoms with van der Waals surface area (Å²) in [6.45, 7) is 6.80. The molecule has 0 saturated heterocycles. The van der Waals surface area contributed by atoms with E-state index in [9.17, 15) is 0 Å². The first kappa shape index (κ1) is 14.1. The number of thiophene rings is 1. The molecule has 102 valence electrons. The normalized spacial score (nSPS) is 10.6. The number of hydrogen-bond acceptors (Lipinski definition) is 3. The molecular formula is C16H21NOS. The highest BCUT2D eigenvalue weighted by Gasteiger charge is 2.06. The topological polar surface area (TPSA) is 21.3 Å². The molecule has 0 fully saturated rings. The van der Waals surface area contributed by atoms with Gasteiger partial charge in [-0.1, -0.05) is 25.1 Å². The van der Waals surface area contributed by atoms with Crippen molar-refractivity contribution in [3.05, 3.63) is 51.7 Å². The Morgan fingerprint density at radius 1 is 1.26 bits per heavy atom. The maximum Gasteiger partial charge on any atom is 0.126 e. The summed E-state index contributed by atoms with van der Waals surface area (Å²) in [5, 5.41) is 7.65. The number of rotatable bonds is 7. The van der Waals surface area contributed by atoms with Crippen LogP contribution in [0.3, 0.4) is 0 Å². The van der Waals surface area contributed by atoms with Gasteiger partial charge in [0.1, 0.15) is 5.75 Å². The van der Waals surface area contributed by atoms with E-state index >= 15 is 0 Å². The Morgan fingerprint density at radius 3 is 2.89 bits per heavy atom. The lowest BCUT2D eigenvalue weighted by Gasteiger charge is -2.14. The maximum absolute atomic E-state index is 6.00. The minimum Gasteiger partial charge on any atom is -0.493 e. The van der Waals surface area contributed by atoms with E-state index in [0.29, 0.717) is 0 Å². The second kappa shape index (κ2) is 7.31. The quantitative estimate of drug-likeness (QED) is 0.830. The number of ether oxygens (including phenoxy) is 1. The lowest BCUT2D eigenvalue weighted by molar-refractivity contribution is 0.316. The number of para-hydroxylation sites is 1. The largest absolute Gasteiger partial charge is 0.493 e. The van der Waals surface area contributed by atoms with E-state index in [2.05, 4.69) is 54.2 Å². The van der Waals surface area contributed by atoms with Crippen molar-refractivity contribution in [2.45, 2.75) is 26.8 Å². The molecule has 2 aromatic rings. The molecule has 1 aromatic heterocycles. The molecule has 1 N–H and O–H groups in total. The molecule has 0 atom stereocenters. The summed E-state index contributed by atoms with van der Waals surface area (Å²) in [6.07, 6.45) is 0.971. The van der Waals surface area contributed by atoms with Crippen LogP contribution in [0.25, 0.3) is 0 Å². The van der Waals surface area contributed by atoms with Crippen LogP contribution in [-0.2, 0) is 13.0 Å². The van der Waals surface area contributed by atoms with Crippen molar-refractivity contribution in [3.63, 3.8) is 0 Å². The monoisotopic (exact) mass is 275 g/mol. The third-order valence-electron chi connectivity index (χ3n) is 3.08. The fraction of sp³-hybridized carbons (Fsp3) is 0.375. The first-order chi connectivity index (χ1) is 9.31. The second-order valence-electron chi connectivity index (χ2n) is 4.57. The van der Waals surface area contributed by atoms with E-state index in [1.54, 1.807) is 11.3 Å². The molecule has 0 amide bonds. The molecule has 19 heavy (non-hydrogen) atoms. The number of hydrogen-bond donors (Lipinski definition) is 1. The Balaban J connectivity index is 1.97. The molecule has 0 spiro atoms. The summed E-state index contributed by atoms with van der Waals surface area (Å²) in [6, 6.07) is 8.49. The summed E-state index contributed by atoms with van der Waals surface area (Å²) < 4.78 is 6.00. The van der Waals surface area contributed by atoms with Crippen molar-refractivity contribution in [1.82, 2.24) is 5.32 Å². The molecule has 3 heteroatoms. The van der Waals surface area contributed by atoms with Gasteiger partial charge < -0.3 is 10.1 Å². The molecular weight excluding hydrogens is 254 g/mol. The van der Waals surface area contributed by atoms with Crippen LogP contribution in [-0.4, -0.2) is 13.2 Å². The van der Waals surface area contributed by atoms with Crippen LogP contribution >= 0.6 is 11.3 Å². The highest BCUT2D eigenvalue weighted by Crippen LogP contribution is 2.23. The zero-order valence-electron chi connectivity index (χ0n) is 11.6. The van der Waals surface area contributed by atoms with Gasteiger partial charge in [0, 0.05) is 18.5 Å². The van der Waals surface area contributed by atoms with E-state index < -0.39 is 0 Å². The third kappa shape index (κ3) is 4.08. The maximum atomic E-state index is 6.00. The molecule has 2 rings (SSSR count). The minimum atomic E-state index is 0.737. The lowest BCUT2D eigenvalue weighted by Crippen LogP contribution is -2.14. The highest BCUT2D eigenvalue weighted by atomic mass is 32.1. The van der Waals surface area contributed by atoms with Crippen molar-refractivity contribution in [2.24, 2.45) is 0 Å². The third-order valence-corrected chi connectivity index (χ3v) is 3.81. The molecule has 2 nitrogen and oxygen atoms in total. The van der Waals surface area contributed by atoms with Gasteiger partial charge in [0.2, 0.25) is 0 Å². The standard InChI is InChI=1S/C16H21NOS/c1-3-17-11-15-6-4-5-13(2)16(15)18-9-7-14-8-10-19-12-14/h4-6,8,10,12,17H,3,7,9,11H2,1-2H3. The lowest BCUT2D eigenvalue weighted by atomic mass is 10.1. The molecule has 0 unspecified atom stereocenters. The molecule has 0 aliphatic carbocycles. The van der Waals surface area contributed by atoms with Crippen molar-refractivity contribution in [2.75, 3.05) is 13.2 Å². The van der Waals surface area contributed by atoms with E-state index in [1.807, 2.05) is 0 Å². The first-order valence-corrected chi connectivity index (χ1v) is 7.68. The summed E-state index contributed by atoms with van der Waals surface area (Å²) >= 11 is 1.74. The van der Waals surface area contributed by atoms with Crippen LogP contribution in [0.4, 0.5) is 0 Å². The predicted octanol–water partition coefficient (Wildman–Crippen LogP) is 3.79. The van der Waals surface area contributed by atoms with Gasteiger partial charge in [0.25, 0.3) is 0 Å². The van der Waals surface area contributed by atoms with Gasteiger partial charge in [-0.3, -0.25) is 0 Å². The van der Waals surface area contributed by atoms with Crippen LogP contribution in [0, 0.1) is 6.92 Å². The van der Waals surface area contributed by atoms with E-state index in [1.165, 1.54) is 16.7 Å². The van der Waals surface area contributed by atoms with E-state index in [0.717, 1.165) is 31.9 Å². The summed E-state index contributed by atoms with van der Waals surface area (Å²) in [4.78, 5) is 0. The molecule has 1 heterocycles. The summed E-state index contributed by atoms with van der Waals surface area (Å²) in [5.41, 5.74) is 3.81. The molecule has 1 aromatic carbocycles. The summed E-state index contributed by atoms with van der Waals surface area (Å²) in [5.74, 6) is 1.04. The Hall–Kier alpha value is -1.32.